The van der Waals surface area contributed by atoms with Crippen molar-refractivity contribution in [2.24, 2.45) is 0 Å². The van der Waals surface area contributed by atoms with Crippen LogP contribution in [0.15, 0.2) is 29.2 Å². The van der Waals surface area contributed by atoms with Crippen molar-refractivity contribution in [1.82, 2.24) is 10.3 Å². The molecule has 0 aliphatic heterocycles. The quantitative estimate of drug-likeness (QED) is 0.838. The van der Waals surface area contributed by atoms with Crippen molar-refractivity contribution < 1.29 is 23.4 Å². The Bertz CT molecular complexity index is 600. The number of methoxy groups -OCH3 is 3. The second kappa shape index (κ2) is 7.35. The van der Waals surface area contributed by atoms with E-state index in [9.17, 15) is 4.79 Å². The molecule has 1 heterocycles. The van der Waals surface area contributed by atoms with Crippen molar-refractivity contribution in [3.8, 4) is 17.2 Å². The Labute approximate surface area is 128 Å². The van der Waals surface area contributed by atoms with Crippen LogP contribution < -0.4 is 19.5 Å². The molecule has 0 spiro atoms. The number of ether oxygens (including phenoxy) is 3. The minimum atomic E-state index is -0.234. The molecule has 118 valence electrons. The number of benzene rings is 1. The molecule has 1 aromatic carbocycles. The molecule has 0 bridgehead atoms. The monoisotopic (exact) mass is 306 g/mol. The van der Waals surface area contributed by atoms with Crippen molar-refractivity contribution in [2.75, 3.05) is 27.9 Å². The lowest BCUT2D eigenvalue weighted by Crippen LogP contribution is -2.25. The van der Waals surface area contributed by atoms with Crippen LogP contribution in [0.5, 0.6) is 17.2 Å². The highest BCUT2D eigenvalue weighted by Gasteiger charge is 2.16. The van der Waals surface area contributed by atoms with E-state index in [1.165, 1.54) is 27.7 Å². The summed E-state index contributed by atoms with van der Waals surface area (Å²) in [5.41, 5.74) is 1.21. The van der Waals surface area contributed by atoms with E-state index in [1.54, 1.807) is 18.4 Å². The van der Waals surface area contributed by atoms with Crippen molar-refractivity contribution in [1.29, 1.82) is 0 Å². The summed E-state index contributed by atoms with van der Waals surface area (Å²) in [5.74, 6) is 1.08. The Balaban J connectivity index is 2.08. The van der Waals surface area contributed by atoms with Crippen LogP contribution in [0, 0.1) is 0 Å². The number of amides is 1. The highest BCUT2D eigenvalue weighted by Crippen LogP contribution is 2.38. The van der Waals surface area contributed by atoms with Crippen LogP contribution in [0.1, 0.15) is 16.1 Å². The fraction of sp³-hybridized carbons (Fsp3) is 0.333. The van der Waals surface area contributed by atoms with Crippen LogP contribution >= 0.6 is 0 Å². The Hall–Kier alpha value is -2.70. The third-order valence-corrected chi connectivity index (χ3v) is 3.08. The normalized spacial score (nSPS) is 10.1. The molecule has 1 amide bonds. The first kappa shape index (κ1) is 15.7. The van der Waals surface area contributed by atoms with Crippen LogP contribution in [-0.2, 0) is 6.42 Å². The van der Waals surface area contributed by atoms with Gasteiger partial charge in [-0.1, -0.05) is 0 Å². The molecule has 0 atom stereocenters. The smallest absolute Gasteiger partial charge is 0.251 e. The van der Waals surface area contributed by atoms with Crippen molar-refractivity contribution in [2.45, 2.75) is 6.42 Å². The van der Waals surface area contributed by atoms with Gasteiger partial charge in [0.15, 0.2) is 17.9 Å². The maximum Gasteiger partial charge on any atom is 0.251 e. The molecule has 7 heteroatoms. The molecule has 0 aliphatic carbocycles. The second-order valence-electron chi connectivity index (χ2n) is 4.40. The number of aromatic nitrogens is 1. The number of nitrogens with one attached hydrogen (secondary N) is 1. The number of oxazole rings is 1. The lowest BCUT2D eigenvalue weighted by Gasteiger charge is -2.14. The first-order chi connectivity index (χ1) is 10.7. The van der Waals surface area contributed by atoms with Gasteiger partial charge < -0.3 is 23.9 Å². The standard InChI is InChI=1S/C15H18N2O5/c1-19-12-6-10(7-13(20-2)14(12)21-3)15(18)16-5-4-11-8-22-9-17-11/h6-9H,4-5H2,1-3H3,(H,16,18). The van der Waals surface area contributed by atoms with E-state index in [-0.39, 0.29) is 5.91 Å². The molecule has 0 fully saturated rings. The summed E-state index contributed by atoms with van der Waals surface area (Å²) >= 11 is 0. The van der Waals surface area contributed by atoms with Gasteiger partial charge in [0.1, 0.15) is 6.26 Å². The molecular weight excluding hydrogens is 288 g/mol. The highest BCUT2D eigenvalue weighted by molar-refractivity contribution is 5.95. The number of hydrogen-bond donors (Lipinski definition) is 1. The molecule has 0 unspecified atom stereocenters. The average Bonchev–Trinajstić information content (AvgIpc) is 3.06. The van der Waals surface area contributed by atoms with Gasteiger partial charge in [0.05, 0.1) is 27.0 Å². The minimum absolute atomic E-state index is 0.234. The first-order valence-corrected chi connectivity index (χ1v) is 6.64. The van der Waals surface area contributed by atoms with Gasteiger partial charge in [-0.2, -0.15) is 0 Å². The zero-order chi connectivity index (χ0) is 15.9. The molecule has 7 nitrogen and oxygen atoms in total. The molecule has 0 radical (unpaired) electrons. The van der Waals surface area contributed by atoms with E-state index in [1.807, 2.05) is 0 Å². The van der Waals surface area contributed by atoms with Gasteiger partial charge in [-0.25, -0.2) is 4.98 Å². The highest BCUT2D eigenvalue weighted by atomic mass is 16.5. The van der Waals surface area contributed by atoms with E-state index in [0.717, 1.165) is 5.69 Å². The fourth-order valence-corrected chi connectivity index (χ4v) is 1.98. The average molecular weight is 306 g/mol. The van der Waals surface area contributed by atoms with Gasteiger partial charge in [0.2, 0.25) is 5.75 Å². The number of carbonyl (C=O) groups excluding carboxylic acids is 1. The third-order valence-electron chi connectivity index (χ3n) is 3.08. The maximum absolute atomic E-state index is 12.2. The Morgan fingerprint density at radius 1 is 1.18 bits per heavy atom. The van der Waals surface area contributed by atoms with Crippen LogP contribution in [0.2, 0.25) is 0 Å². The van der Waals surface area contributed by atoms with Crippen LogP contribution in [0.3, 0.4) is 0 Å². The summed E-state index contributed by atoms with van der Waals surface area (Å²) in [6.45, 7) is 0.446. The summed E-state index contributed by atoms with van der Waals surface area (Å²) in [5, 5.41) is 2.80. The number of rotatable bonds is 7. The zero-order valence-corrected chi connectivity index (χ0v) is 12.7. The van der Waals surface area contributed by atoms with Crippen LogP contribution in [-0.4, -0.2) is 38.8 Å². The minimum Gasteiger partial charge on any atom is -0.493 e. The van der Waals surface area contributed by atoms with Crippen molar-refractivity contribution in [3.63, 3.8) is 0 Å². The van der Waals surface area contributed by atoms with E-state index in [2.05, 4.69) is 10.3 Å². The van der Waals surface area contributed by atoms with Crippen molar-refractivity contribution >= 4 is 5.91 Å². The van der Waals surface area contributed by atoms with Gasteiger partial charge in [-0.3, -0.25) is 4.79 Å². The summed E-state index contributed by atoms with van der Waals surface area (Å²) in [6.07, 6.45) is 3.49. The zero-order valence-electron chi connectivity index (χ0n) is 12.7. The van der Waals surface area contributed by atoms with Crippen LogP contribution in [0.25, 0.3) is 0 Å². The van der Waals surface area contributed by atoms with E-state index in [0.29, 0.717) is 35.8 Å². The van der Waals surface area contributed by atoms with Crippen LogP contribution in [0.4, 0.5) is 0 Å². The number of hydrogen-bond acceptors (Lipinski definition) is 6. The van der Waals surface area contributed by atoms with E-state index >= 15 is 0 Å². The summed E-state index contributed by atoms with van der Waals surface area (Å²) < 4.78 is 20.5. The Morgan fingerprint density at radius 3 is 2.36 bits per heavy atom. The summed E-state index contributed by atoms with van der Waals surface area (Å²) in [6, 6.07) is 3.21. The molecule has 0 saturated heterocycles. The lowest BCUT2D eigenvalue weighted by molar-refractivity contribution is 0.0953. The fourth-order valence-electron chi connectivity index (χ4n) is 1.98. The Morgan fingerprint density at radius 2 is 1.86 bits per heavy atom. The van der Waals surface area contributed by atoms with E-state index in [4.69, 9.17) is 18.6 Å². The van der Waals surface area contributed by atoms with Crippen molar-refractivity contribution in [3.05, 3.63) is 36.0 Å². The summed E-state index contributed by atoms with van der Waals surface area (Å²) in [7, 11) is 4.52. The van der Waals surface area contributed by atoms with Gasteiger partial charge in [0, 0.05) is 18.5 Å². The van der Waals surface area contributed by atoms with E-state index < -0.39 is 0 Å². The molecule has 1 N–H and O–H groups in total. The van der Waals surface area contributed by atoms with Gasteiger partial charge in [0.25, 0.3) is 5.91 Å². The SMILES string of the molecule is COc1cc(C(=O)NCCc2cocn2)cc(OC)c1OC. The topological polar surface area (TPSA) is 82.8 Å². The second-order valence-corrected chi connectivity index (χ2v) is 4.40. The molecular formula is C15H18N2O5. The predicted octanol–water partition coefficient (Wildman–Crippen LogP) is 1.67. The number of carbonyl (C=O) groups is 1. The molecule has 0 saturated carbocycles. The van der Waals surface area contributed by atoms with Gasteiger partial charge in [-0.05, 0) is 12.1 Å². The summed E-state index contributed by atoms with van der Waals surface area (Å²) in [4.78, 5) is 16.2. The maximum atomic E-state index is 12.2. The molecule has 0 aliphatic rings. The molecule has 2 rings (SSSR count). The Kier molecular flexibility index (Phi) is 5.24. The van der Waals surface area contributed by atoms with Gasteiger partial charge >= 0.3 is 0 Å². The molecule has 2 aromatic rings. The first-order valence-electron chi connectivity index (χ1n) is 6.64. The predicted molar refractivity (Wildman–Crippen MR) is 78.6 cm³/mol. The third kappa shape index (κ3) is 3.49. The molecule has 1 aromatic heterocycles. The van der Waals surface area contributed by atoms with Gasteiger partial charge in [-0.15, -0.1) is 0 Å². The number of nitrogens with zero attached hydrogens (tertiary/aromatic N) is 1. The lowest BCUT2D eigenvalue weighted by atomic mass is 10.1. The largest absolute Gasteiger partial charge is 0.493 e. The molecule has 22 heavy (non-hydrogen) atoms.